The van der Waals surface area contributed by atoms with Crippen LogP contribution in [0.15, 0.2) is 16.8 Å². The van der Waals surface area contributed by atoms with Gasteiger partial charge >= 0.3 is 0 Å². The molecule has 0 aliphatic heterocycles. The molecule has 0 heterocycles. The van der Waals surface area contributed by atoms with Gasteiger partial charge < -0.3 is 5.73 Å². The Balaban J connectivity index is 1.62. The standard InChI is InChI=1S/C20H31N3S2/c1-19-9-7-13(24)11-12(19)3-4-14-15-5-6-17(22-23-18(21)25)20(15,2)10-8-16(14)19/h3,13-16,24H,4-11H2,1-2H3,(H3,21,23,25). The van der Waals surface area contributed by atoms with Crippen LogP contribution in [0.3, 0.4) is 0 Å². The molecule has 6 unspecified atom stereocenters. The second-order valence-corrected chi connectivity index (χ2v) is 10.4. The van der Waals surface area contributed by atoms with Gasteiger partial charge in [-0.1, -0.05) is 25.5 Å². The van der Waals surface area contributed by atoms with Crippen LogP contribution in [0, 0.1) is 28.6 Å². The number of hydrogen-bond donors (Lipinski definition) is 3. The Morgan fingerprint density at radius 1 is 1.24 bits per heavy atom. The number of fused-ring (bicyclic) bond motifs is 5. The maximum Gasteiger partial charge on any atom is 0.184 e. The third-order valence-electron chi connectivity index (χ3n) is 8.12. The summed E-state index contributed by atoms with van der Waals surface area (Å²) in [6.07, 6.45) is 12.6. The van der Waals surface area contributed by atoms with Crippen LogP contribution in [0.1, 0.15) is 65.2 Å². The number of nitrogens with zero attached hydrogens (tertiary/aromatic N) is 1. The van der Waals surface area contributed by atoms with Crippen molar-refractivity contribution in [2.45, 2.75) is 70.5 Å². The zero-order valence-electron chi connectivity index (χ0n) is 15.4. The Kier molecular flexibility index (Phi) is 4.47. The van der Waals surface area contributed by atoms with Crippen LogP contribution < -0.4 is 11.2 Å². The lowest BCUT2D eigenvalue weighted by molar-refractivity contribution is -0.00568. The van der Waals surface area contributed by atoms with E-state index in [-0.39, 0.29) is 10.5 Å². The summed E-state index contributed by atoms with van der Waals surface area (Å²) in [5.41, 5.74) is 12.1. The molecule has 0 amide bonds. The Labute approximate surface area is 162 Å². The van der Waals surface area contributed by atoms with Gasteiger partial charge in [0, 0.05) is 16.4 Å². The van der Waals surface area contributed by atoms with Crippen molar-refractivity contribution < 1.29 is 0 Å². The summed E-state index contributed by atoms with van der Waals surface area (Å²) in [5.74, 6) is 2.40. The molecule has 3 saturated carbocycles. The molecular formula is C20H31N3S2. The average molecular weight is 378 g/mol. The first-order valence-corrected chi connectivity index (χ1v) is 10.8. The molecule has 25 heavy (non-hydrogen) atoms. The molecule has 0 radical (unpaired) electrons. The Hall–Kier alpha value is -0.550. The predicted octanol–water partition coefficient (Wildman–Crippen LogP) is 4.44. The number of nitrogens with one attached hydrogen (secondary N) is 1. The first-order valence-electron chi connectivity index (χ1n) is 9.84. The van der Waals surface area contributed by atoms with E-state index in [1.807, 2.05) is 0 Å². The molecule has 0 aromatic carbocycles. The van der Waals surface area contributed by atoms with Crippen molar-refractivity contribution >= 4 is 35.7 Å². The second-order valence-electron chi connectivity index (χ2n) is 9.19. The number of hydrogen-bond acceptors (Lipinski definition) is 3. The summed E-state index contributed by atoms with van der Waals surface area (Å²) < 4.78 is 0. The molecule has 0 bridgehead atoms. The highest BCUT2D eigenvalue weighted by molar-refractivity contribution is 7.81. The lowest BCUT2D eigenvalue weighted by Gasteiger charge is -2.57. The fourth-order valence-corrected chi connectivity index (χ4v) is 7.11. The molecule has 3 nitrogen and oxygen atoms in total. The summed E-state index contributed by atoms with van der Waals surface area (Å²) >= 11 is 9.71. The van der Waals surface area contributed by atoms with Gasteiger partial charge in [-0.15, -0.1) is 0 Å². The second kappa shape index (κ2) is 6.26. The van der Waals surface area contributed by atoms with Crippen molar-refractivity contribution in [3.05, 3.63) is 11.6 Å². The molecule has 3 fully saturated rings. The van der Waals surface area contributed by atoms with Crippen LogP contribution in [0.5, 0.6) is 0 Å². The zero-order valence-corrected chi connectivity index (χ0v) is 17.1. The van der Waals surface area contributed by atoms with Gasteiger partial charge in [-0.3, -0.25) is 5.43 Å². The van der Waals surface area contributed by atoms with E-state index in [1.165, 1.54) is 50.7 Å². The van der Waals surface area contributed by atoms with Crippen LogP contribution in [0.25, 0.3) is 0 Å². The molecule has 6 atom stereocenters. The summed E-state index contributed by atoms with van der Waals surface area (Å²) in [5, 5.41) is 5.44. The predicted molar refractivity (Wildman–Crippen MR) is 112 cm³/mol. The lowest BCUT2D eigenvalue weighted by Crippen LogP contribution is -2.50. The van der Waals surface area contributed by atoms with Crippen molar-refractivity contribution in [2.75, 3.05) is 0 Å². The van der Waals surface area contributed by atoms with E-state index in [4.69, 9.17) is 30.6 Å². The molecule has 5 heteroatoms. The van der Waals surface area contributed by atoms with E-state index in [9.17, 15) is 0 Å². The van der Waals surface area contributed by atoms with Gasteiger partial charge in [0.25, 0.3) is 0 Å². The van der Waals surface area contributed by atoms with E-state index < -0.39 is 0 Å². The third-order valence-corrected chi connectivity index (χ3v) is 8.65. The molecule has 138 valence electrons. The molecule has 0 spiro atoms. The molecule has 0 saturated heterocycles. The van der Waals surface area contributed by atoms with Crippen molar-refractivity contribution in [1.29, 1.82) is 0 Å². The maximum absolute atomic E-state index is 5.59. The van der Waals surface area contributed by atoms with Gasteiger partial charge in [-0.25, -0.2) is 0 Å². The SMILES string of the molecule is CC12CCC(S)CC1=CCC1C2CCC2(C)C(=NNC(N)=S)CCC12. The van der Waals surface area contributed by atoms with Crippen molar-refractivity contribution in [2.24, 2.45) is 39.4 Å². The van der Waals surface area contributed by atoms with Gasteiger partial charge in [-0.05, 0) is 86.8 Å². The monoisotopic (exact) mass is 377 g/mol. The molecule has 4 aliphatic carbocycles. The van der Waals surface area contributed by atoms with Crippen molar-refractivity contribution in [1.82, 2.24) is 5.43 Å². The fourth-order valence-electron chi connectivity index (χ4n) is 6.74. The normalized spacial score (nSPS) is 47.5. The van der Waals surface area contributed by atoms with E-state index in [0.29, 0.717) is 10.7 Å². The summed E-state index contributed by atoms with van der Waals surface area (Å²) in [7, 11) is 0. The highest BCUT2D eigenvalue weighted by Gasteiger charge is 2.57. The third kappa shape index (κ3) is 2.77. The minimum Gasteiger partial charge on any atom is -0.375 e. The first kappa shape index (κ1) is 17.8. The van der Waals surface area contributed by atoms with Gasteiger partial charge in [0.2, 0.25) is 0 Å². The molecule has 4 aliphatic rings. The minimum absolute atomic E-state index is 0.224. The van der Waals surface area contributed by atoms with E-state index in [0.717, 1.165) is 24.2 Å². The highest BCUT2D eigenvalue weighted by atomic mass is 32.1. The quantitative estimate of drug-likeness (QED) is 0.274. The zero-order chi connectivity index (χ0) is 17.8. The maximum atomic E-state index is 5.59. The van der Waals surface area contributed by atoms with E-state index in [1.54, 1.807) is 5.57 Å². The number of nitrogens with two attached hydrogens (primary N) is 1. The summed E-state index contributed by atoms with van der Waals surface area (Å²) in [6.45, 7) is 4.99. The number of allylic oxidation sites excluding steroid dienone is 2. The molecule has 0 aromatic rings. The first-order chi connectivity index (χ1) is 11.8. The van der Waals surface area contributed by atoms with E-state index in [2.05, 4.69) is 30.5 Å². The van der Waals surface area contributed by atoms with Gasteiger partial charge in [0.05, 0.1) is 0 Å². The van der Waals surface area contributed by atoms with Gasteiger partial charge in [0.15, 0.2) is 5.11 Å². The van der Waals surface area contributed by atoms with Crippen LogP contribution >= 0.6 is 24.8 Å². The van der Waals surface area contributed by atoms with Gasteiger partial charge in [-0.2, -0.15) is 17.7 Å². The number of thiol groups is 1. The smallest absolute Gasteiger partial charge is 0.184 e. The van der Waals surface area contributed by atoms with Crippen LogP contribution in [0.4, 0.5) is 0 Å². The van der Waals surface area contributed by atoms with Gasteiger partial charge in [0.1, 0.15) is 0 Å². The lowest BCUT2D eigenvalue weighted by atomic mass is 9.48. The highest BCUT2D eigenvalue weighted by Crippen LogP contribution is 2.64. The summed E-state index contributed by atoms with van der Waals surface area (Å²) in [6, 6.07) is 0. The molecule has 0 aromatic heterocycles. The Morgan fingerprint density at radius 2 is 1.96 bits per heavy atom. The molecule has 3 N–H and O–H groups in total. The number of hydrazone groups is 1. The largest absolute Gasteiger partial charge is 0.375 e. The number of thiocarbonyl (C=S) groups is 1. The average Bonchev–Trinajstić information content (AvgIpc) is 2.90. The Morgan fingerprint density at radius 3 is 2.72 bits per heavy atom. The Bertz CT molecular complexity index is 643. The molecule has 4 rings (SSSR count). The van der Waals surface area contributed by atoms with E-state index >= 15 is 0 Å². The topological polar surface area (TPSA) is 50.4 Å². The minimum atomic E-state index is 0.224. The fraction of sp³-hybridized carbons (Fsp3) is 0.800. The van der Waals surface area contributed by atoms with Crippen LogP contribution in [-0.2, 0) is 0 Å². The summed E-state index contributed by atoms with van der Waals surface area (Å²) in [4.78, 5) is 0. The number of rotatable bonds is 1. The van der Waals surface area contributed by atoms with Crippen molar-refractivity contribution in [3.63, 3.8) is 0 Å². The van der Waals surface area contributed by atoms with Crippen molar-refractivity contribution in [3.8, 4) is 0 Å². The van der Waals surface area contributed by atoms with Crippen LogP contribution in [-0.4, -0.2) is 16.1 Å². The molecular weight excluding hydrogens is 346 g/mol. The van der Waals surface area contributed by atoms with Crippen LogP contribution in [0.2, 0.25) is 0 Å².